The molecule has 1 aromatic rings. The first-order chi connectivity index (χ1) is 5.83. The first-order valence-electron chi connectivity index (χ1n) is 3.78. The molecule has 0 aliphatic rings. The van der Waals surface area contributed by atoms with Crippen molar-refractivity contribution in [3.63, 3.8) is 0 Å². The molecule has 1 rings (SSSR count). The van der Waals surface area contributed by atoms with Gasteiger partial charge in [-0.2, -0.15) is 0 Å². The van der Waals surface area contributed by atoms with Crippen molar-refractivity contribution >= 4 is 0 Å². The van der Waals surface area contributed by atoms with Crippen molar-refractivity contribution in [3.05, 3.63) is 29.8 Å². The average molecular weight is 163 g/mol. The highest BCUT2D eigenvalue weighted by molar-refractivity contribution is 5.27. The Labute approximate surface area is 73.4 Å². The zero-order valence-electron chi connectivity index (χ0n) is 7.45. The number of nitrogens with zero attached hydrogens (tertiary/aromatic N) is 1. The fourth-order valence-electron chi connectivity index (χ4n) is 0.872. The molecule has 0 fully saturated rings. The zero-order chi connectivity index (χ0) is 9.40. The fraction of sp³-hybridized carbons (Fsp3) is 0.300. The highest BCUT2D eigenvalue weighted by Gasteiger charge is 1.88. The summed E-state index contributed by atoms with van der Waals surface area (Å²) in [4.78, 5) is 0. The number of aryl methyl sites for hydroxylation is 1. The van der Waals surface area contributed by atoms with Gasteiger partial charge in [0.1, 0.15) is 5.75 Å². The van der Waals surface area contributed by atoms with Crippen molar-refractivity contribution in [3.8, 4) is 12.3 Å². The van der Waals surface area contributed by atoms with Crippen LogP contribution in [0.15, 0.2) is 24.3 Å². The summed E-state index contributed by atoms with van der Waals surface area (Å²) in [5.74, 6) is 0.961. The standard InChI is InChI=1S/C9H12O.CHN/c1-3-10-9-6-4-5-8(2)7-9;1-2/h4-7H,3H2,1-2H3;1H. The van der Waals surface area contributed by atoms with Crippen LogP contribution in [-0.2, 0) is 0 Å². The zero-order valence-corrected chi connectivity index (χ0v) is 7.45. The second kappa shape index (κ2) is 6.23. The van der Waals surface area contributed by atoms with Gasteiger partial charge < -0.3 is 4.74 Å². The summed E-state index contributed by atoms with van der Waals surface area (Å²) in [5.41, 5.74) is 1.24. The van der Waals surface area contributed by atoms with E-state index in [1.54, 1.807) is 0 Å². The summed E-state index contributed by atoms with van der Waals surface area (Å²) in [6.07, 6.45) is 0. The molecule has 0 aromatic heterocycles. The molecule has 12 heavy (non-hydrogen) atoms. The van der Waals surface area contributed by atoms with Crippen molar-refractivity contribution in [2.24, 2.45) is 0 Å². The maximum absolute atomic E-state index is 6.50. The lowest BCUT2D eigenvalue weighted by atomic mass is 10.2. The van der Waals surface area contributed by atoms with Gasteiger partial charge in [-0.05, 0) is 31.5 Å². The second-order valence-electron chi connectivity index (χ2n) is 2.25. The smallest absolute Gasteiger partial charge is 0.119 e. The number of nitriles is 1. The van der Waals surface area contributed by atoms with E-state index < -0.39 is 0 Å². The van der Waals surface area contributed by atoms with Crippen LogP contribution in [0.4, 0.5) is 0 Å². The molecule has 0 saturated carbocycles. The van der Waals surface area contributed by atoms with E-state index in [2.05, 4.69) is 19.6 Å². The van der Waals surface area contributed by atoms with Crippen LogP contribution in [0.3, 0.4) is 0 Å². The molecule has 0 aliphatic heterocycles. The van der Waals surface area contributed by atoms with Crippen LogP contribution in [0.25, 0.3) is 0 Å². The predicted octanol–water partition coefficient (Wildman–Crippen LogP) is 2.53. The minimum Gasteiger partial charge on any atom is -0.494 e. The lowest BCUT2D eigenvalue weighted by Gasteiger charge is -2.01. The van der Waals surface area contributed by atoms with Gasteiger partial charge in [0.15, 0.2) is 0 Å². The Balaban J connectivity index is 0.000000561. The highest BCUT2D eigenvalue weighted by Crippen LogP contribution is 2.11. The fourth-order valence-corrected chi connectivity index (χ4v) is 0.872. The molecule has 0 aliphatic carbocycles. The maximum atomic E-state index is 6.50. The Bertz CT molecular complexity index is 243. The average Bonchev–Trinajstić information content (AvgIpc) is 2.09. The van der Waals surface area contributed by atoms with Crippen LogP contribution < -0.4 is 4.74 Å². The molecule has 0 unspecified atom stereocenters. The van der Waals surface area contributed by atoms with Gasteiger partial charge in [-0.25, -0.2) is 5.26 Å². The van der Waals surface area contributed by atoms with Crippen molar-refractivity contribution in [1.82, 2.24) is 0 Å². The predicted molar refractivity (Wildman–Crippen MR) is 49.0 cm³/mol. The summed E-state index contributed by atoms with van der Waals surface area (Å²) in [5, 5.41) is 6.50. The lowest BCUT2D eigenvalue weighted by Crippen LogP contribution is -1.90. The highest BCUT2D eigenvalue weighted by atomic mass is 16.5. The van der Waals surface area contributed by atoms with Gasteiger partial charge in [0.05, 0.1) is 6.61 Å². The third-order valence-corrected chi connectivity index (χ3v) is 1.30. The Morgan fingerprint density at radius 1 is 1.42 bits per heavy atom. The van der Waals surface area contributed by atoms with Crippen LogP contribution in [0, 0.1) is 18.8 Å². The van der Waals surface area contributed by atoms with Gasteiger partial charge >= 0.3 is 0 Å². The van der Waals surface area contributed by atoms with E-state index in [1.807, 2.05) is 25.1 Å². The maximum Gasteiger partial charge on any atom is 0.119 e. The van der Waals surface area contributed by atoms with Gasteiger partial charge in [0, 0.05) is 6.57 Å². The van der Waals surface area contributed by atoms with E-state index in [9.17, 15) is 0 Å². The molecule has 0 radical (unpaired) electrons. The summed E-state index contributed by atoms with van der Waals surface area (Å²) < 4.78 is 5.29. The number of ether oxygens (including phenoxy) is 1. The van der Waals surface area contributed by atoms with E-state index >= 15 is 0 Å². The van der Waals surface area contributed by atoms with Crippen LogP contribution in [0.5, 0.6) is 5.75 Å². The summed E-state index contributed by atoms with van der Waals surface area (Å²) in [7, 11) is 0. The molecular formula is C10H13NO. The first kappa shape index (κ1) is 10.5. The second-order valence-corrected chi connectivity index (χ2v) is 2.25. The summed E-state index contributed by atoms with van der Waals surface area (Å²) in [6.45, 7) is 8.29. The topological polar surface area (TPSA) is 33.0 Å². The molecule has 1 aromatic carbocycles. The van der Waals surface area contributed by atoms with Crippen molar-refractivity contribution in [1.29, 1.82) is 5.26 Å². The molecule has 0 N–H and O–H groups in total. The SMILES string of the molecule is C#N.CCOc1cccc(C)c1. The molecular weight excluding hydrogens is 150 g/mol. The Morgan fingerprint density at radius 2 is 2.08 bits per heavy atom. The molecule has 0 saturated heterocycles. The van der Waals surface area contributed by atoms with E-state index in [4.69, 9.17) is 10.00 Å². The Hall–Kier alpha value is -1.49. The number of hydrogen-bond donors (Lipinski definition) is 0. The minimum atomic E-state index is 0.740. The molecule has 0 bridgehead atoms. The van der Waals surface area contributed by atoms with E-state index in [-0.39, 0.29) is 0 Å². The van der Waals surface area contributed by atoms with Gasteiger partial charge in [-0.1, -0.05) is 12.1 Å². The normalized spacial score (nSPS) is 8.00. The number of hydrogen-bond acceptors (Lipinski definition) is 2. The Kier molecular flexibility index (Phi) is 5.46. The van der Waals surface area contributed by atoms with Crippen LogP contribution >= 0.6 is 0 Å². The van der Waals surface area contributed by atoms with E-state index in [0.29, 0.717) is 0 Å². The summed E-state index contributed by atoms with van der Waals surface area (Å²) in [6, 6.07) is 8.06. The van der Waals surface area contributed by atoms with Gasteiger partial charge in [0.2, 0.25) is 0 Å². The lowest BCUT2D eigenvalue weighted by molar-refractivity contribution is 0.340. The summed E-state index contributed by atoms with van der Waals surface area (Å²) >= 11 is 0. The van der Waals surface area contributed by atoms with Gasteiger partial charge in [-0.15, -0.1) is 0 Å². The minimum absolute atomic E-state index is 0.740. The van der Waals surface area contributed by atoms with E-state index in [1.165, 1.54) is 5.56 Å². The molecule has 0 heterocycles. The van der Waals surface area contributed by atoms with Gasteiger partial charge in [0.25, 0.3) is 0 Å². The number of benzene rings is 1. The van der Waals surface area contributed by atoms with Crippen molar-refractivity contribution in [2.45, 2.75) is 13.8 Å². The monoisotopic (exact) mass is 163 g/mol. The largest absolute Gasteiger partial charge is 0.494 e. The quantitative estimate of drug-likeness (QED) is 0.671. The van der Waals surface area contributed by atoms with E-state index in [0.717, 1.165) is 12.4 Å². The van der Waals surface area contributed by atoms with Gasteiger partial charge in [-0.3, -0.25) is 0 Å². The number of rotatable bonds is 2. The first-order valence-corrected chi connectivity index (χ1v) is 3.78. The third-order valence-electron chi connectivity index (χ3n) is 1.30. The van der Waals surface area contributed by atoms with Crippen LogP contribution in [0.1, 0.15) is 12.5 Å². The molecule has 2 heteroatoms. The molecule has 2 nitrogen and oxygen atoms in total. The van der Waals surface area contributed by atoms with Crippen molar-refractivity contribution in [2.75, 3.05) is 6.61 Å². The Morgan fingerprint density at radius 3 is 2.58 bits per heavy atom. The van der Waals surface area contributed by atoms with Crippen LogP contribution in [0.2, 0.25) is 0 Å². The molecule has 64 valence electrons. The van der Waals surface area contributed by atoms with Crippen molar-refractivity contribution < 1.29 is 4.74 Å². The molecule has 0 spiro atoms. The molecule has 0 atom stereocenters. The molecule has 0 amide bonds. The third kappa shape index (κ3) is 3.62. The van der Waals surface area contributed by atoms with Crippen LogP contribution in [-0.4, -0.2) is 6.61 Å².